The van der Waals surface area contributed by atoms with E-state index < -0.39 is 0 Å². The van der Waals surface area contributed by atoms with Crippen molar-refractivity contribution in [2.45, 2.75) is 51.5 Å². The highest BCUT2D eigenvalue weighted by molar-refractivity contribution is 5.79. The fourth-order valence-electron chi connectivity index (χ4n) is 1.59. The zero-order valence-electron chi connectivity index (χ0n) is 11.6. The van der Waals surface area contributed by atoms with Gasteiger partial charge in [0.05, 0.1) is 0 Å². The molecule has 1 rings (SSSR count). The third-order valence-corrected chi connectivity index (χ3v) is 2.86. The van der Waals surface area contributed by atoms with Gasteiger partial charge in [-0.2, -0.15) is 0 Å². The summed E-state index contributed by atoms with van der Waals surface area (Å²) in [4.78, 5) is 15.6. The van der Waals surface area contributed by atoms with Crippen molar-refractivity contribution in [3.05, 3.63) is 0 Å². The van der Waals surface area contributed by atoms with Crippen LogP contribution in [-0.4, -0.2) is 38.0 Å². The Bertz CT molecular complexity index is 274. The van der Waals surface area contributed by atoms with Crippen molar-refractivity contribution in [3.8, 4) is 0 Å². The maximum absolute atomic E-state index is 11.4. The Hall–Kier alpha value is -1.26. The van der Waals surface area contributed by atoms with Crippen LogP contribution in [0.5, 0.6) is 0 Å². The summed E-state index contributed by atoms with van der Waals surface area (Å²) in [6.45, 7) is 3.89. The lowest BCUT2D eigenvalue weighted by molar-refractivity contribution is -0.121. The molecule has 1 aliphatic carbocycles. The Morgan fingerprint density at radius 3 is 2.44 bits per heavy atom. The van der Waals surface area contributed by atoms with Crippen LogP contribution in [0.25, 0.3) is 0 Å². The molecule has 5 nitrogen and oxygen atoms in total. The first-order valence-electron chi connectivity index (χ1n) is 7.00. The number of carbonyl (C=O) groups excluding carboxylic acids is 1. The predicted molar refractivity (Wildman–Crippen MR) is 74.7 cm³/mol. The summed E-state index contributed by atoms with van der Waals surface area (Å²) in [6.07, 6.45) is 6.05. The number of unbranched alkanes of at least 4 members (excludes halogenated alkanes) is 1. The fourth-order valence-corrected chi connectivity index (χ4v) is 1.59. The van der Waals surface area contributed by atoms with Gasteiger partial charge in [0.1, 0.15) is 0 Å². The number of nitrogens with zero attached hydrogens (tertiary/aromatic N) is 1. The maximum Gasteiger partial charge on any atom is 0.220 e. The number of rotatable bonds is 8. The number of guanidine groups is 1. The van der Waals surface area contributed by atoms with Gasteiger partial charge in [-0.3, -0.25) is 9.79 Å². The minimum absolute atomic E-state index is 0.174. The second kappa shape index (κ2) is 8.78. The van der Waals surface area contributed by atoms with Crippen molar-refractivity contribution in [2.75, 3.05) is 20.1 Å². The molecule has 0 heterocycles. The van der Waals surface area contributed by atoms with Gasteiger partial charge in [0.2, 0.25) is 5.91 Å². The van der Waals surface area contributed by atoms with Crippen molar-refractivity contribution in [1.29, 1.82) is 0 Å². The molecule has 0 aliphatic heterocycles. The fraction of sp³-hybridized carbons (Fsp3) is 0.846. The smallest absolute Gasteiger partial charge is 0.220 e. The summed E-state index contributed by atoms with van der Waals surface area (Å²) in [5.74, 6) is 0.999. The Kier molecular flexibility index (Phi) is 7.22. The first-order valence-corrected chi connectivity index (χ1v) is 7.00. The largest absolute Gasteiger partial charge is 0.356 e. The van der Waals surface area contributed by atoms with E-state index in [2.05, 4.69) is 27.9 Å². The lowest BCUT2D eigenvalue weighted by Crippen LogP contribution is -2.38. The van der Waals surface area contributed by atoms with E-state index in [1.54, 1.807) is 7.05 Å². The summed E-state index contributed by atoms with van der Waals surface area (Å²) >= 11 is 0. The molecule has 0 spiro atoms. The van der Waals surface area contributed by atoms with E-state index in [0.29, 0.717) is 12.5 Å². The van der Waals surface area contributed by atoms with Crippen LogP contribution < -0.4 is 16.0 Å². The average Bonchev–Trinajstić information content (AvgIpc) is 3.16. The third-order valence-electron chi connectivity index (χ3n) is 2.86. The average molecular weight is 254 g/mol. The second-order valence-electron chi connectivity index (χ2n) is 4.72. The van der Waals surface area contributed by atoms with Gasteiger partial charge in [0.25, 0.3) is 0 Å². The Labute approximate surface area is 110 Å². The van der Waals surface area contributed by atoms with Crippen LogP contribution in [0.15, 0.2) is 4.99 Å². The topological polar surface area (TPSA) is 65.5 Å². The quantitative estimate of drug-likeness (QED) is 0.344. The highest BCUT2D eigenvalue weighted by atomic mass is 16.1. The molecule has 0 aromatic heterocycles. The van der Waals surface area contributed by atoms with Crippen molar-refractivity contribution in [1.82, 2.24) is 16.0 Å². The third kappa shape index (κ3) is 7.14. The molecular weight excluding hydrogens is 228 g/mol. The van der Waals surface area contributed by atoms with Gasteiger partial charge < -0.3 is 16.0 Å². The van der Waals surface area contributed by atoms with Gasteiger partial charge in [-0.1, -0.05) is 13.3 Å². The zero-order valence-corrected chi connectivity index (χ0v) is 11.6. The molecule has 0 aromatic carbocycles. The van der Waals surface area contributed by atoms with Crippen LogP contribution in [0.2, 0.25) is 0 Å². The number of aliphatic imine (C=N–C) groups is 1. The van der Waals surface area contributed by atoms with Crippen molar-refractivity contribution in [2.24, 2.45) is 4.99 Å². The molecule has 18 heavy (non-hydrogen) atoms. The molecule has 0 aromatic rings. The Morgan fingerprint density at radius 1 is 1.22 bits per heavy atom. The zero-order chi connectivity index (χ0) is 13.2. The SMILES string of the molecule is CCCCNC(=NC)NCCCC(=O)NC1CC1. The molecule has 0 radical (unpaired) electrons. The van der Waals surface area contributed by atoms with Gasteiger partial charge in [-0.05, 0) is 25.7 Å². The van der Waals surface area contributed by atoms with Crippen molar-refractivity contribution < 1.29 is 4.79 Å². The standard InChI is InChI=1S/C13H26N4O/c1-3-4-9-15-13(14-2)16-10-5-6-12(18)17-11-7-8-11/h11H,3-10H2,1-2H3,(H,17,18)(H2,14,15,16). The summed E-state index contributed by atoms with van der Waals surface area (Å²) in [5, 5.41) is 9.44. The lowest BCUT2D eigenvalue weighted by atomic mass is 10.3. The second-order valence-corrected chi connectivity index (χ2v) is 4.72. The summed E-state index contributed by atoms with van der Waals surface area (Å²) < 4.78 is 0. The first-order chi connectivity index (χ1) is 8.76. The maximum atomic E-state index is 11.4. The number of nitrogens with one attached hydrogen (secondary N) is 3. The molecule has 104 valence electrons. The lowest BCUT2D eigenvalue weighted by Gasteiger charge is -2.11. The van der Waals surface area contributed by atoms with Gasteiger partial charge in [-0.15, -0.1) is 0 Å². The van der Waals surface area contributed by atoms with Gasteiger partial charge in [-0.25, -0.2) is 0 Å². The van der Waals surface area contributed by atoms with Crippen molar-refractivity contribution >= 4 is 11.9 Å². The van der Waals surface area contributed by atoms with E-state index in [4.69, 9.17) is 0 Å². The van der Waals surface area contributed by atoms with Crippen LogP contribution in [-0.2, 0) is 4.79 Å². The molecule has 1 amide bonds. The number of hydrogen-bond donors (Lipinski definition) is 3. The number of hydrogen-bond acceptors (Lipinski definition) is 2. The number of amides is 1. The molecule has 3 N–H and O–H groups in total. The van der Waals surface area contributed by atoms with Crippen molar-refractivity contribution in [3.63, 3.8) is 0 Å². The van der Waals surface area contributed by atoms with Crippen LogP contribution in [0.4, 0.5) is 0 Å². The molecule has 1 fully saturated rings. The summed E-state index contributed by atoms with van der Waals surface area (Å²) in [5.41, 5.74) is 0. The highest BCUT2D eigenvalue weighted by Crippen LogP contribution is 2.18. The Morgan fingerprint density at radius 2 is 1.89 bits per heavy atom. The van der Waals surface area contributed by atoms with E-state index in [0.717, 1.165) is 44.7 Å². The molecule has 0 unspecified atom stereocenters. The van der Waals surface area contributed by atoms with Crippen LogP contribution in [0, 0.1) is 0 Å². The van der Waals surface area contributed by atoms with Crippen LogP contribution in [0.3, 0.4) is 0 Å². The van der Waals surface area contributed by atoms with Gasteiger partial charge >= 0.3 is 0 Å². The van der Waals surface area contributed by atoms with Crippen LogP contribution >= 0.6 is 0 Å². The molecule has 5 heteroatoms. The normalized spacial score (nSPS) is 15.3. The highest BCUT2D eigenvalue weighted by Gasteiger charge is 2.22. The van der Waals surface area contributed by atoms with E-state index in [-0.39, 0.29) is 5.91 Å². The molecule has 0 saturated heterocycles. The molecule has 0 atom stereocenters. The molecule has 1 saturated carbocycles. The van der Waals surface area contributed by atoms with E-state index >= 15 is 0 Å². The first kappa shape index (κ1) is 14.8. The van der Waals surface area contributed by atoms with E-state index in [1.807, 2.05) is 0 Å². The minimum Gasteiger partial charge on any atom is -0.356 e. The molecule has 1 aliphatic rings. The van der Waals surface area contributed by atoms with Gasteiger partial charge in [0, 0.05) is 32.6 Å². The van der Waals surface area contributed by atoms with Gasteiger partial charge in [0.15, 0.2) is 5.96 Å². The predicted octanol–water partition coefficient (Wildman–Crippen LogP) is 1.01. The van der Waals surface area contributed by atoms with Crippen LogP contribution in [0.1, 0.15) is 45.4 Å². The summed E-state index contributed by atoms with van der Waals surface area (Å²) in [6, 6.07) is 0.467. The number of carbonyl (C=O) groups is 1. The van der Waals surface area contributed by atoms with E-state index in [1.165, 1.54) is 6.42 Å². The van der Waals surface area contributed by atoms with E-state index in [9.17, 15) is 4.79 Å². The monoisotopic (exact) mass is 254 g/mol. The Balaban J connectivity index is 1.98. The molecular formula is C13H26N4O. The minimum atomic E-state index is 0.174. The molecule has 0 bridgehead atoms. The summed E-state index contributed by atoms with van der Waals surface area (Å²) in [7, 11) is 1.76.